The molecule has 0 aliphatic carbocycles. The Hall–Kier alpha value is -1.92. The Bertz CT molecular complexity index is 747. The van der Waals surface area contributed by atoms with Gasteiger partial charge in [-0.3, -0.25) is 4.90 Å². The van der Waals surface area contributed by atoms with Crippen LogP contribution in [0.2, 0.25) is 0 Å². The van der Waals surface area contributed by atoms with E-state index in [1.807, 2.05) is 24.7 Å². The maximum Gasteiger partial charge on any atom is 0.140 e. The summed E-state index contributed by atoms with van der Waals surface area (Å²) in [5.41, 5.74) is 1.49. The van der Waals surface area contributed by atoms with Crippen LogP contribution in [0.5, 0.6) is 0 Å². The second kappa shape index (κ2) is 5.57. The molecule has 128 valence electrons. The predicted octanol–water partition coefficient (Wildman–Crippen LogP) is 2.04. The number of piperidine rings is 1. The van der Waals surface area contributed by atoms with E-state index in [1.165, 1.54) is 5.56 Å². The quantitative estimate of drug-likeness (QED) is 0.933. The van der Waals surface area contributed by atoms with Crippen LogP contribution in [-0.4, -0.2) is 41.4 Å². The molecule has 6 heteroatoms. The molecule has 0 radical (unpaired) electrons. The average molecular weight is 327 g/mol. The van der Waals surface area contributed by atoms with Crippen LogP contribution in [0.4, 0.5) is 0 Å². The molecule has 2 bridgehead atoms. The summed E-state index contributed by atoms with van der Waals surface area (Å²) < 4.78 is 3.73. The molecule has 0 aromatic carbocycles. The highest BCUT2D eigenvalue weighted by molar-refractivity contribution is 5.24. The SMILES string of the molecule is C=Cn1cc(CN2[C@H]3CC[C@H]2CC(O)(c2nccn2C)C3)c(C)n1. The van der Waals surface area contributed by atoms with Gasteiger partial charge in [-0.25, -0.2) is 9.67 Å². The molecule has 4 rings (SSSR count). The fraction of sp³-hybridized carbons (Fsp3) is 0.556. The van der Waals surface area contributed by atoms with Crippen LogP contribution >= 0.6 is 0 Å². The van der Waals surface area contributed by atoms with E-state index in [4.69, 9.17) is 0 Å². The first-order chi connectivity index (χ1) is 11.5. The third-order valence-electron chi connectivity index (χ3n) is 5.71. The van der Waals surface area contributed by atoms with Crippen LogP contribution in [0.25, 0.3) is 6.20 Å². The standard InChI is InChI=1S/C18H25N5O/c1-4-22-11-14(13(2)20-22)12-23-15-5-6-16(23)10-18(24,9-15)17-19-7-8-21(17)3/h4,7-8,11,15-16,24H,1,5-6,9-10,12H2,2-3H3/t15-,16-/m0/s1. The van der Waals surface area contributed by atoms with Crippen molar-refractivity contribution in [2.24, 2.45) is 7.05 Å². The molecule has 4 heterocycles. The molecule has 2 fully saturated rings. The lowest BCUT2D eigenvalue weighted by atomic mass is 9.85. The number of aryl methyl sites for hydroxylation is 2. The van der Waals surface area contributed by atoms with Gasteiger partial charge in [-0.15, -0.1) is 0 Å². The van der Waals surface area contributed by atoms with Crippen molar-refractivity contribution < 1.29 is 5.11 Å². The van der Waals surface area contributed by atoms with E-state index in [1.54, 1.807) is 17.1 Å². The first kappa shape index (κ1) is 15.6. The van der Waals surface area contributed by atoms with Crippen molar-refractivity contribution in [1.29, 1.82) is 0 Å². The maximum atomic E-state index is 11.2. The second-order valence-electron chi connectivity index (χ2n) is 7.26. The maximum absolute atomic E-state index is 11.2. The van der Waals surface area contributed by atoms with E-state index in [0.717, 1.165) is 43.7 Å². The summed E-state index contributed by atoms with van der Waals surface area (Å²) in [4.78, 5) is 6.97. The topological polar surface area (TPSA) is 59.1 Å². The molecular weight excluding hydrogens is 302 g/mol. The van der Waals surface area contributed by atoms with Crippen molar-refractivity contribution in [3.8, 4) is 0 Å². The molecule has 2 saturated heterocycles. The summed E-state index contributed by atoms with van der Waals surface area (Å²) in [5, 5.41) is 15.7. The van der Waals surface area contributed by atoms with Crippen molar-refractivity contribution >= 4 is 6.20 Å². The summed E-state index contributed by atoms with van der Waals surface area (Å²) >= 11 is 0. The Morgan fingerprint density at radius 3 is 2.62 bits per heavy atom. The van der Waals surface area contributed by atoms with Crippen LogP contribution in [0.15, 0.2) is 25.2 Å². The molecule has 2 aliphatic heterocycles. The normalized spacial score (nSPS) is 30.0. The van der Waals surface area contributed by atoms with Gasteiger partial charge in [0, 0.05) is 56.0 Å². The van der Waals surface area contributed by atoms with Crippen molar-refractivity contribution in [3.63, 3.8) is 0 Å². The molecule has 0 unspecified atom stereocenters. The average Bonchev–Trinajstić information content (AvgIpc) is 3.19. The first-order valence-electron chi connectivity index (χ1n) is 8.63. The smallest absolute Gasteiger partial charge is 0.140 e. The summed E-state index contributed by atoms with van der Waals surface area (Å²) in [5.74, 6) is 0.801. The van der Waals surface area contributed by atoms with Crippen molar-refractivity contribution in [2.45, 2.75) is 56.8 Å². The Kier molecular flexibility index (Phi) is 3.62. The van der Waals surface area contributed by atoms with Gasteiger partial charge in [0.25, 0.3) is 0 Å². The predicted molar refractivity (Wildman–Crippen MR) is 92.0 cm³/mol. The zero-order chi connectivity index (χ0) is 16.9. The van der Waals surface area contributed by atoms with E-state index >= 15 is 0 Å². The number of imidazole rings is 1. The fourth-order valence-electron chi connectivity index (χ4n) is 4.54. The molecule has 2 atom stereocenters. The Morgan fingerprint density at radius 2 is 2.08 bits per heavy atom. The van der Waals surface area contributed by atoms with E-state index in [2.05, 4.69) is 27.8 Å². The van der Waals surface area contributed by atoms with E-state index < -0.39 is 5.60 Å². The highest BCUT2D eigenvalue weighted by Gasteiger charge is 2.49. The minimum Gasteiger partial charge on any atom is -0.382 e. The number of aliphatic hydroxyl groups is 1. The van der Waals surface area contributed by atoms with E-state index in [-0.39, 0.29) is 0 Å². The molecule has 0 saturated carbocycles. The lowest BCUT2D eigenvalue weighted by Gasteiger charge is -2.43. The van der Waals surface area contributed by atoms with E-state index in [0.29, 0.717) is 12.1 Å². The molecule has 24 heavy (non-hydrogen) atoms. The van der Waals surface area contributed by atoms with E-state index in [9.17, 15) is 5.11 Å². The molecule has 0 spiro atoms. The number of nitrogens with zero attached hydrogens (tertiary/aromatic N) is 5. The lowest BCUT2D eigenvalue weighted by molar-refractivity contribution is -0.0669. The molecule has 1 N–H and O–H groups in total. The van der Waals surface area contributed by atoms with Gasteiger partial charge in [0.1, 0.15) is 11.4 Å². The highest BCUT2D eigenvalue weighted by atomic mass is 16.3. The monoisotopic (exact) mass is 327 g/mol. The number of rotatable bonds is 4. The fourth-order valence-corrected chi connectivity index (χ4v) is 4.54. The number of fused-ring (bicyclic) bond motifs is 2. The Labute approximate surface area is 142 Å². The molecular formula is C18H25N5O. The van der Waals surface area contributed by atoms with Gasteiger partial charge in [-0.1, -0.05) is 6.58 Å². The summed E-state index contributed by atoms with van der Waals surface area (Å²) in [6.07, 6.45) is 11.3. The third kappa shape index (κ3) is 2.41. The highest BCUT2D eigenvalue weighted by Crippen LogP contribution is 2.45. The number of hydrogen-bond donors (Lipinski definition) is 1. The largest absolute Gasteiger partial charge is 0.382 e. The molecule has 2 aromatic heterocycles. The molecule has 2 aromatic rings. The van der Waals surface area contributed by atoms with Crippen LogP contribution in [0.1, 0.15) is 42.8 Å². The van der Waals surface area contributed by atoms with Gasteiger partial charge in [-0.2, -0.15) is 5.10 Å². The van der Waals surface area contributed by atoms with Gasteiger partial charge in [0.15, 0.2) is 0 Å². The molecule has 2 aliphatic rings. The van der Waals surface area contributed by atoms with Gasteiger partial charge in [-0.05, 0) is 32.6 Å². The van der Waals surface area contributed by atoms with Crippen LogP contribution < -0.4 is 0 Å². The van der Waals surface area contributed by atoms with Crippen LogP contribution in [0, 0.1) is 6.92 Å². The van der Waals surface area contributed by atoms with Crippen molar-refractivity contribution in [2.75, 3.05) is 0 Å². The summed E-state index contributed by atoms with van der Waals surface area (Å²) in [6, 6.07) is 0.800. The summed E-state index contributed by atoms with van der Waals surface area (Å²) in [7, 11) is 1.96. The minimum atomic E-state index is -0.805. The number of hydrogen-bond acceptors (Lipinski definition) is 4. The lowest BCUT2D eigenvalue weighted by Crippen LogP contribution is -2.50. The van der Waals surface area contributed by atoms with Crippen LogP contribution in [-0.2, 0) is 19.2 Å². The first-order valence-corrected chi connectivity index (χ1v) is 8.63. The molecule has 0 amide bonds. The molecule has 6 nitrogen and oxygen atoms in total. The number of aromatic nitrogens is 4. The third-order valence-corrected chi connectivity index (χ3v) is 5.71. The van der Waals surface area contributed by atoms with Gasteiger partial charge in [0.2, 0.25) is 0 Å². The summed E-state index contributed by atoms with van der Waals surface area (Å²) in [6.45, 7) is 6.72. The van der Waals surface area contributed by atoms with Gasteiger partial charge in [0.05, 0.1) is 5.69 Å². The zero-order valence-electron chi connectivity index (χ0n) is 14.4. The minimum absolute atomic E-state index is 0.400. The Morgan fingerprint density at radius 1 is 1.38 bits per heavy atom. The van der Waals surface area contributed by atoms with Crippen LogP contribution in [0.3, 0.4) is 0 Å². The van der Waals surface area contributed by atoms with Crippen molar-refractivity contribution in [3.05, 3.63) is 42.3 Å². The Balaban J connectivity index is 1.56. The van der Waals surface area contributed by atoms with Crippen molar-refractivity contribution in [1.82, 2.24) is 24.2 Å². The zero-order valence-corrected chi connectivity index (χ0v) is 14.4. The second-order valence-corrected chi connectivity index (χ2v) is 7.26. The van der Waals surface area contributed by atoms with Gasteiger partial charge < -0.3 is 9.67 Å². The van der Waals surface area contributed by atoms with Gasteiger partial charge >= 0.3 is 0 Å².